The molecule has 1 heterocycles. The summed E-state index contributed by atoms with van der Waals surface area (Å²) in [6.07, 6.45) is 1.46. The summed E-state index contributed by atoms with van der Waals surface area (Å²) in [5.74, 6) is 0.998. The fourth-order valence-corrected chi connectivity index (χ4v) is 3.13. The minimum absolute atomic E-state index is 0.226. The van der Waals surface area contributed by atoms with Gasteiger partial charge in [-0.2, -0.15) is 0 Å². The summed E-state index contributed by atoms with van der Waals surface area (Å²) >= 11 is 0. The quantitative estimate of drug-likeness (QED) is 0.658. The highest BCUT2D eigenvalue weighted by Crippen LogP contribution is 2.26. The van der Waals surface area contributed by atoms with E-state index in [9.17, 15) is 8.42 Å². The van der Waals surface area contributed by atoms with Crippen molar-refractivity contribution in [3.63, 3.8) is 0 Å². The van der Waals surface area contributed by atoms with E-state index in [-0.39, 0.29) is 5.54 Å². The SMILES string of the molecule is CC(C)(N)C1CCS(=O)(=O)CC1. The molecule has 0 aromatic rings. The van der Waals surface area contributed by atoms with Crippen molar-refractivity contribution in [2.24, 2.45) is 11.7 Å². The first-order valence-corrected chi connectivity index (χ1v) is 6.13. The van der Waals surface area contributed by atoms with E-state index in [1.807, 2.05) is 13.8 Å². The summed E-state index contributed by atoms with van der Waals surface area (Å²) < 4.78 is 22.2. The smallest absolute Gasteiger partial charge is 0.150 e. The van der Waals surface area contributed by atoms with Crippen molar-refractivity contribution in [3.05, 3.63) is 0 Å². The second kappa shape index (κ2) is 3.00. The van der Waals surface area contributed by atoms with Crippen molar-refractivity contribution in [2.75, 3.05) is 11.5 Å². The monoisotopic (exact) mass is 191 g/mol. The fraction of sp³-hybridized carbons (Fsp3) is 1.00. The Kier molecular flexibility index (Phi) is 2.50. The molecule has 0 spiro atoms. The van der Waals surface area contributed by atoms with E-state index >= 15 is 0 Å². The maximum Gasteiger partial charge on any atom is 0.150 e. The van der Waals surface area contributed by atoms with Gasteiger partial charge in [0.1, 0.15) is 9.84 Å². The lowest BCUT2D eigenvalue weighted by atomic mass is 9.84. The minimum atomic E-state index is -2.73. The van der Waals surface area contributed by atoms with Crippen LogP contribution in [0.5, 0.6) is 0 Å². The molecular formula is C8H17NO2S. The molecule has 12 heavy (non-hydrogen) atoms. The average molecular weight is 191 g/mol. The zero-order valence-corrected chi connectivity index (χ0v) is 8.52. The van der Waals surface area contributed by atoms with Crippen LogP contribution >= 0.6 is 0 Å². The van der Waals surface area contributed by atoms with Crippen molar-refractivity contribution in [3.8, 4) is 0 Å². The Bertz CT molecular complexity index is 237. The van der Waals surface area contributed by atoms with Gasteiger partial charge in [0.05, 0.1) is 11.5 Å². The van der Waals surface area contributed by atoms with Gasteiger partial charge in [0.15, 0.2) is 0 Å². The van der Waals surface area contributed by atoms with Crippen LogP contribution in [0.4, 0.5) is 0 Å². The number of sulfone groups is 1. The van der Waals surface area contributed by atoms with Crippen LogP contribution < -0.4 is 5.73 Å². The molecule has 0 unspecified atom stereocenters. The predicted molar refractivity (Wildman–Crippen MR) is 49.6 cm³/mol. The van der Waals surface area contributed by atoms with Crippen LogP contribution in [0, 0.1) is 5.92 Å². The molecule has 0 amide bonds. The fourth-order valence-electron chi connectivity index (χ4n) is 1.63. The highest BCUT2D eigenvalue weighted by molar-refractivity contribution is 7.91. The van der Waals surface area contributed by atoms with Gasteiger partial charge in [0.2, 0.25) is 0 Å². The molecule has 0 atom stereocenters. The molecule has 1 saturated heterocycles. The molecule has 0 aliphatic carbocycles. The largest absolute Gasteiger partial charge is 0.325 e. The number of hydrogen-bond acceptors (Lipinski definition) is 3. The minimum Gasteiger partial charge on any atom is -0.325 e. The summed E-state index contributed by atoms with van der Waals surface area (Å²) in [5.41, 5.74) is 5.68. The third kappa shape index (κ3) is 2.45. The van der Waals surface area contributed by atoms with Crippen LogP contribution in [-0.2, 0) is 9.84 Å². The first kappa shape index (κ1) is 9.99. The zero-order valence-electron chi connectivity index (χ0n) is 7.71. The van der Waals surface area contributed by atoms with Crippen LogP contribution in [0.2, 0.25) is 0 Å². The van der Waals surface area contributed by atoms with Crippen LogP contribution in [0.3, 0.4) is 0 Å². The van der Waals surface area contributed by atoms with E-state index in [0.29, 0.717) is 17.4 Å². The summed E-state index contributed by atoms with van der Waals surface area (Å²) in [6, 6.07) is 0. The van der Waals surface area contributed by atoms with Gasteiger partial charge in [-0.3, -0.25) is 0 Å². The third-order valence-electron chi connectivity index (χ3n) is 2.61. The molecule has 1 fully saturated rings. The molecule has 1 aliphatic rings. The van der Waals surface area contributed by atoms with Crippen LogP contribution in [0.1, 0.15) is 26.7 Å². The van der Waals surface area contributed by atoms with Gasteiger partial charge in [0, 0.05) is 5.54 Å². The van der Waals surface area contributed by atoms with Crippen molar-refractivity contribution in [2.45, 2.75) is 32.2 Å². The molecule has 0 aromatic heterocycles. The predicted octanol–water partition coefficient (Wildman–Crippen LogP) is 0.548. The summed E-state index contributed by atoms with van der Waals surface area (Å²) in [7, 11) is -2.73. The lowest BCUT2D eigenvalue weighted by Crippen LogP contribution is -2.44. The van der Waals surface area contributed by atoms with Gasteiger partial charge in [-0.1, -0.05) is 0 Å². The van der Waals surface area contributed by atoms with E-state index in [1.54, 1.807) is 0 Å². The third-order valence-corrected chi connectivity index (χ3v) is 4.32. The maximum atomic E-state index is 11.1. The van der Waals surface area contributed by atoms with E-state index < -0.39 is 9.84 Å². The number of nitrogens with two attached hydrogens (primary N) is 1. The van der Waals surface area contributed by atoms with Crippen LogP contribution in [0.25, 0.3) is 0 Å². The molecule has 4 heteroatoms. The molecule has 0 aromatic carbocycles. The highest BCUT2D eigenvalue weighted by atomic mass is 32.2. The van der Waals surface area contributed by atoms with Gasteiger partial charge in [-0.25, -0.2) is 8.42 Å². The standard InChI is InChI=1S/C8H17NO2S/c1-8(2,9)7-3-5-12(10,11)6-4-7/h7H,3-6,9H2,1-2H3. The second-order valence-corrected chi connectivity index (χ2v) is 6.55. The Morgan fingerprint density at radius 3 is 2.00 bits per heavy atom. The molecule has 0 radical (unpaired) electrons. The van der Waals surface area contributed by atoms with Crippen molar-refractivity contribution in [1.29, 1.82) is 0 Å². The Balaban J connectivity index is 2.58. The van der Waals surface area contributed by atoms with Crippen LogP contribution in [-0.4, -0.2) is 25.5 Å². The molecular weight excluding hydrogens is 174 g/mol. The Labute approximate surface area is 74.3 Å². The Hall–Kier alpha value is -0.0900. The molecule has 72 valence electrons. The van der Waals surface area contributed by atoms with Gasteiger partial charge in [-0.05, 0) is 32.6 Å². The van der Waals surface area contributed by atoms with E-state index in [0.717, 1.165) is 12.8 Å². The summed E-state index contributed by atoms with van der Waals surface area (Å²) in [6.45, 7) is 3.94. The molecule has 1 rings (SSSR count). The first-order chi connectivity index (χ1) is 5.31. The molecule has 2 N–H and O–H groups in total. The lowest BCUT2D eigenvalue weighted by molar-refractivity contribution is 0.296. The summed E-state index contributed by atoms with van der Waals surface area (Å²) in [4.78, 5) is 0. The van der Waals surface area contributed by atoms with Gasteiger partial charge < -0.3 is 5.73 Å². The van der Waals surface area contributed by atoms with E-state index in [1.165, 1.54) is 0 Å². The highest BCUT2D eigenvalue weighted by Gasteiger charge is 2.31. The topological polar surface area (TPSA) is 60.2 Å². The lowest BCUT2D eigenvalue weighted by Gasteiger charge is -2.33. The van der Waals surface area contributed by atoms with E-state index in [4.69, 9.17) is 5.73 Å². The average Bonchev–Trinajstić information content (AvgIpc) is 1.83. The number of hydrogen-bond donors (Lipinski definition) is 1. The first-order valence-electron chi connectivity index (χ1n) is 4.30. The molecule has 3 nitrogen and oxygen atoms in total. The normalized spacial score (nSPS) is 25.6. The van der Waals surface area contributed by atoms with Crippen molar-refractivity contribution >= 4 is 9.84 Å². The zero-order chi connectivity index (χ0) is 9.41. The summed E-state index contributed by atoms with van der Waals surface area (Å²) in [5, 5.41) is 0. The number of rotatable bonds is 1. The van der Waals surface area contributed by atoms with Gasteiger partial charge >= 0.3 is 0 Å². The molecule has 0 bridgehead atoms. The van der Waals surface area contributed by atoms with E-state index in [2.05, 4.69) is 0 Å². The molecule has 1 aliphatic heterocycles. The second-order valence-electron chi connectivity index (χ2n) is 4.25. The van der Waals surface area contributed by atoms with Crippen molar-refractivity contribution < 1.29 is 8.42 Å². The Morgan fingerprint density at radius 1 is 1.25 bits per heavy atom. The van der Waals surface area contributed by atoms with Gasteiger partial charge in [-0.15, -0.1) is 0 Å². The Morgan fingerprint density at radius 2 is 1.67 bits per heavy atom. The maximum absolute atomic E-state index is 11.1. The van der Waals surface area contributed by atoms with Crippen molar-refractivity contribution in [1.82, 2.24) is 0 Å². The van der Waals surface area contributed by atoms with Gasteiger partial charge in [0.25, 0.3) is 0 Å². The molecule has 0 saturated carbocycles. The van der Waals surface area contributed by atoms with Crippen LogP contribution in [0.15, 0.2) is 0 Å².